The molecule has 1 N–H and O–H groups in total. The minimum absolute atomic E-state index is 0.161. The average molecular weight is 249 g/mol. The Hall–Kier alpha value is -1.06. The van der Waals surface area contributed by atoms with E-state index in [0.717, 1.165) is 26.3 Å². The monoisotopic (exact) mass is 249 g/mol. The standard InChI is InChI=1S/C15H23NO2/c1-12-4-5-14(16-6-8-18-9-7-16)13(10-12)15(2,3)11-17/h4-5,10,17H,6-9,11H2,1-3H3. The number of aliphatic hydroxyl groups excluding tert-OH is 1. The van der Waals surface area contributed by atoms with Crippen LogP contribution < -0.4 is 4.90 Å². The maximum atomic E-state index is 9.62. The van der Waals surface area contributed by atoms with Gasteiger partial charge in [0.05, 0.1) is 19.8 Å². The number of ether oxygens (including phenoxy) is 1. The van der Waals surface area contributed by atoms with Gasteiger partial charge >= 0.3 is 0 Å². The lowest BCUT2D eigenvalue weighted by Gasteiger charge is -2.35. The fourth-order valence-electron chi connectivity index (χ4n) is 2.36. The van der Waals surface area contributed by atoms with Crippen molar-refractivity contribution < 1.29 is 9.84 Å². The lowest BCUT2D eigenvalue weighted by molar-refractivity contribution is 0.122. The molecule has 1 aromatic carbocycles. The van der Waals surface area contributed by atoms with E-state index >= 15 is 0 Å². The van der Waals surface area contributed by atoms with E-state index in [2.05, 4.69) is 43.9 Å². The summed E-state index contributed by atoms with van der Waals surface area (Å²) in [7, 11) is 0. The first kappa shape index (κ1) is 13.4. The predicted molar refractivity (Wildman–Crippen MR) is 74.3 cm³/mol. The molecule has 100 valence electrons. The summed E-state index contributed by atoms with van der Waals surface area (Å²) in [4.78, 5) is 2.36. The van der Waals surface area contributed by atoms with Gasteiger partial charge in [-0.05, 0) is 18.6 Å². The van der Waals surface area contributed by atoms with E-state index in [1.54, 1.807) is 0 Å². The van der Waals surface area contributed by atoms with Crippen LogP contribution in [-0.4, -0.2) is 38.0 Å². The van der Waals surface area contributed by atoms with E-state index in [1.165, 1.54) is 16.8 Å². The molecule has 1 aliphatic heterocycles. The van der Waals surface area contributed by atoms with E-state index in [0.29, 0.717) is 0 Å². The molecule has 0 amide bonds. The van der Waals surface area contributed by atoms with Gasteiger partial charge in [-0.3, -0.25) is 0 Å². The Bertz CT molecular complexity index is 409. The van der Waals surface area contributed by atoms with Crippen molar-refractivity contribution in [1.82, 2.24) is 0 Å². The van der Waals surface area contributed by atoms with Crippen LogP contribution in [-0.2, 0) is 10.2 Å². The fraction of sp³-hybridized carbons (Fsp3) is 0.600. The van der Waals surface area contributed by atoms with Crippen molar-refractivity contribution in [2.45, 2.75) is 26.2 Å². The van der Waals surface area contributed by atoms with Crippen molar-refractivity contribution in [2.24, 2.45) is 0 Å². The van der Waals surface area contributed by atoms with Crippen LogP contribution in [0, 0.1) is 6.92 Å². The Morgan fingerprint density at radius 2 is 1.94 bits per heavy atom. The minimum Gasteiger partial charge on any atom is -0.395 e. The summed E-state index contributed by atoms with van der Waals surface area (Å²) in [6.07, 6.45) is 0. The van der Waals surface area contributed by atoms with Gasteiger partial charge < -0.3 is 14.7 Å². The third-order valence-electron chi connectivity index (χ3n) is 3.63. The highest BCUT2D eigenvalue weighted by atomic mass is 16.5. The normalized spacial score (nSPS) is 17.0. The van der Waals surface area contributed by atoms with Gasteiger partial charge in [-0.25, -0.2) is 0 Å². The summed E-state index contributed by atoms with van der Waals surface area (Å²) >= 11 is 0. The molecule has 0 aliphatic carbocycles. The van der Waals surface area contributed by atoms with Crippen molar-refractivity contribution in [3.05, 3.63) is 29.3 Å². The predicted octanol–water partition coefficient (Wildman–Crippen LogP) is 2.10. The molecule has 3 heteroatoms. The molecular weight excluding hydrogens is 226 g/mol. The number of hydrogen-bond donors (Lipinski definition) is 1. The van der Waals surface area contributed by atoms with E-state index in [-0.39, 0.29) is 12.0 Å². The van der Waals surface area contributed by atoms with Crippen LogP contribution in [0.15, 0.2) is 18.2 Å². The van der Waals surface area contributed by atoms with Crippen molar-refractivity contribution in [3.8, 4) is 0 Å². The third-order valence-corrected chi connectivity index (χ3v) is 3.63. The maximum absolute atomic E-state index is 9.62. The third kappa shape index (κ3) is 2.68. The topological polar surface area (TPSA) is 32.7 Å². The van der Waals surface area contributed by atoms with E-state index in [9.17, 15) is 5.11 Å². The Morgan fingerprint density at radius 3 is 2.56 bits per heavy atom. The largest absolute Gasteiger partial charge is 0.395 e. The van der Waals surface area contributed by atoms with Crippen molar-refractivity contribution in [3.63, 3.8) is 0 Å². The van der Waals surface area contributed by atoms with Gasteiger partial charge in [0.25, 0.3) is 0 Å². The highest BCUT2D eigenvalue weighted by Crippen LogP contribution is 2.33. The van der Waals surface area contributed by atoms with Gasteiger partial charge in [0.1, 0.15) is 0 Å². The molecule has 1 aliphatic rings. The van der Waals surface area contributed by atoms with Gasteiger partial charge in [0.15, 0.2) is 0 Å². The first-order valence-corrected chi connectivity index (χ1v) is 6.59. The van der Waals surface area contributed by atoms with Gasteiger partial charge in [0.2, 0.25) is 0 Å². The number of morpholine rings is 1. The first-order valence-electron chi connectivity index (χ1n) is 6.59. The molecule has 2 rings (SSSR count). The molecule has 0 radical (unpaired) electrons. The molecule has 0 atom stereocenters. The summed E-state index contributed by atoms with van der Waals surface area (Å²) < 4.78 is 5.41. The second kappa shape index (κ2) is 5.29. The molecule has 1 fully saturated rings. The van der Waals surface area contributed by atoms with Crippen LogP contribution >= 0.6 is 0 Å². The van der Waals surface area contributed by atoms with E-state index in [1.807, 2.05) is 0 Å². The van der Waals surface area contributed by atoms with Crippen LogP contribution in [0.25, 0.3) is 0 Å². The number of aryl methyl sites for hydroxylation is 1. The van der Waals surface area contributed by atoms with Gasteiger partial charge in [-0.1, -0.05) is 31.5 Å². The summed E-state index contributed by atoms with van der Waals surface area (Å²) in [5.74, 6) is 0. The lowest BCUT2D eigenvalue weighted by Crippen LogP contribution is -2.38. The van der Waals surface area contributed by atoms with Crippen LogP contribution in [0.5, 0.6) is 0 Å². The van der Waals surface area contributed by atoms with Gasteiger partial charge in [-0.15, -0.1) is 0 Å². The molecular formula is C15H23NO2. The Morgan fingerprint density at radius 1 is 1.28 bits per heavy atom. The quantitative estimate of drug-likeness (QED) is 0.890. The number of hydrogen-bond acceptors (Lipinski definition) is 3. The average Bonchev–Trinajstić information content (AvgIpc) is 2.39. The Labute approximate surface area is 109 Å². The summed E-state index contributed by atoms with van der Waals surface area (Å²) in [6, 6.07) is 6.51. The van der Waals surface area contributed by atoms with Crippen molar-refractivity contribution in [1.29, 1.82) is 0 Å². The van der Waals surface area contributed by atoms with Crippen molar-refractivity contribution in [2.75, 3.05) is 37.8 Å². The molecule has 0 unspecified atom stereocenters. The zero-order valence-electron chi connectivity index (χ0n) is 11.6. The minimum atomic E-state index is -0.209. The molecule has 0 saturated carbocycles. The van der Waals surface area contributed by atoms with Crippen molar-refractivity contribution >= 4 is 5.69 Å². The van der Waals surface area contributed by atoms with E-state index < -0.39 is 0 Å². The molecule has 0 spiro atoms. The number of benzene rings is 1. The molecule has 1 heterocycles. The zero-order valence-corrected chi connectivity index (χ0v) is 11.6. The fourth-order valence-corrected chi connectivity index (χ4v) is 2.36. The Balaban J connectivity index is 2.39. The maximum Gasteiger partial charge on any atom is 0.0642 e. The molecule has 0 bridgehead atoms. The smallest absolute Gasteiger partial charge is 0.0642 e. The SMILES string of the molecule is Cc1ccc(N2CCOCC2)c(C(C)(C)CO)c1. The van der Waals surface area contributed by atoms with Gasteiger partial charge in [-0.2, -0.15) is 0 Å². The van der Waals surface area contributed by atoms with Crippen LogP contribution in [0.3, 0.4) is 0 Å². The van der Waals surface area contributed by atoms with E-state index in [4.69, 9.17) is 4.74 Å². The Kier molecular flexibility index (Phi) is 3.93. The number of nitrogens with zero attached hydrogens (tertiary/aromatic N) is 1. The molecule has 1 aromatic rings. The number of aliphatic hydroxyl groups is 1. The highest BCUT2D eigenvalue weighted by molar-refractivity contribution is 5.58. The molecule has 3 nitrogen and oxygen atoms in total. The second-order valence-electron chi connectivity index (χ2n) is 5.66. The number of rotatable bonds is 3. The van der Waals surface area contributed by atoms with Crippen LogP contribution in [0.2, 0.25) is 0 Å². The zero-order chi connectivity index (χ0) is 13.2. The molecule has 1 saturated heterocycles. The summed E-state index contributed by atoms with van der Waals surface area (Å²) in [5, 5.41) is 9.62. The van der Waals surface area contributed by atoms with Crippen LogP contribution in [0.4, 0.5) is 5.69 Å². The molecule has 18 heavy (non-hydrogen) atoms. The second-order valence-corrected chi connectivity index (χ2v) is 5.66. The first-order chi connectivity index (χ1) is 8.54. The highest BCUT2D eigenvalue weighted by Gasteiger charge is 2.25. The summed E-state index contributed by atoms with van der Waals surface area (Å²) in [6.45, 7) is 9.86. The van der Waals surface area contributed by atoms with Crippen LogP contribution in [0.1, 0.15) is 25.0 Å². The lowest BCUT2D eigenvalue weighted by atomic mass is 9.83. The van der Waals surface area contributed by atoms with Gasteiger partial charge in [0, 0.05) is 24.2 Å². The number of anilines is 1. The summed E-state index contributed by atoms with van der Waals surface area (Å²) in [5.41, 5.74) is 3.50. The molecule has 0 aromatic heterocycles.